The van der Waals surface area contributed by atoms with Crippen molar-refractivity contribution in [2.45, 2.75) is 437 Å². The number of quaternary nitrogens is 1. The van der Waals surface area contributed by atoms with E-state index in [1.54, 1.807) is 6.08 Å². The fourth-order valence-corrected chi connectivity index (χ4v) is 13.3. The predicted molar refractivity (Wildman–Crippen MR) is 395 cm³/mol. The van der Waals surface area contributed by atoms with Crippen LogP contribution in [0.2, 0.25) is 0 Å². The van der Waals surface area contributed by atoms with Gasteiger partial charge in [0, 0.05) is 6.42 Å². The third-order valence-electron chi connectivity index (χ3n) is 18.8. The molecule has 0 rings (SSSR count). The van der Waals surface area contributed by atoms with Crippen molar-refractivity contribution in [3.63, 3.8) is 0 Å². The molecule has 0 saturated heterocycles. The van der Waals surface area contributed by atoms with Gasteiger partial charge in [-0.05, 0) is 57.8 Å². The maximum atomic E-state index is 13.1. The van der Waals surface area contributed by atoms with Crippen LogP contribution in [0.25, 0.3) is 0 Å². The molecule has 3 atom stereocenters. The second-order valence-electron chi connectivity index (χ2n) is 29.1. The van der Waals surface area contributed by atoms with Crippen LogP contribution in [0.5, 0.6) is 0 Å². The molecule has 0 bridgehead atoms. The first-order chi connectivity index (χ1) is 44.0. The Morgan fingerprint density at radius 3 is 0.900 bits per heavy atom. The largest absolute Gasteiger partial charge is 0.756 e. The monoisotopic (exact) mass is 1290 g/mol. The van der Waals surface area contributed by atoms with Crippen molar-refractivity contribution in [1.82, 2.24) is 5.32 Å². The Labute approximate surface area is 563 Å². The van der Waals surface area contributed by atoms with E-state index in [1.165, 1.54) is 366 Å². The van der Waals surface area contributed by atoms with E-state index in [0.717, 1.165) is 38.5 Å². The molecule has 0 aliphatic carbocycles. The van der Waals surface area contributed by atoms with Crippen LogP contribution in [-0.2, 0) is 18.4 Å². The van der Waals surface area contributed by atoms with Crippen LogP contribution < -0.4 is 10.2 Å². The molecule has 8 nitrogen and oxygen atoms in total. The van der Waals surface area contributed by atoms with E-state index >= 15 is 0 Å². The molecule has 0 saturated carbocycles. The molecule has 0 aliphatic heterocycles. The number of allylic oxidation sites excluding steroid dienone is 5. The molecule has 1 amide bonds. The molecule has 534 valence electrons. The van der Waals surface area contributed by atoms with Gasteiger partial charge in [0.05, 0.1) is 39.9 Å². The number of nitrogens with zero attached hydrogens (tertiary/aromatic N) is 1. The summed E-state index contributed by atoms with van der Waals surface area (Å²) in [7, 11) is 1.26. The minimum Gasteiger partial charge on any atom is -0.756 e. The van der Waals surface area contributed by atoms with E-state index in [1.807, 2.05) is 27.2 Å². The lowest BCUT2D eigenvalue weighted by Gasteiger charge is -2.29. The number of unbranched alkanes of at least 4 members (excludes halogenated alkanes) is 59. The van der Waals surface area contributed by atoms with E-state index in [4.69, 9.17) is 9.05 Å². The number of amides is 1. The number of carbonyl (C=O) groups excluding carboxylic acids is 1. The fraction of sp³-hybridized carbons (Fsp3) is 0.914. The van der Waals surface area contributed by atoms with E-state index in [9.17, 15) is 19.4 Å². The molecule has 0 heterocycles. The van der Waals surface area contributed by atoms with Gasteiger partial charge in [-0.25, -0.2) is 0 Å². The fourth-order valence-electron chi connectivity index (χ4n) is 12.6. The third-order valence-corrected chi connectivity index (χ3v) is 19.8. The highest BCUT2D eigenvalue weighted by molar-refractivity contribution is 7.45. The number of hydrogen-bond donors (Lipinski definition) is 2. The molecule has 0 aromatic carbocycles. The number of phosphoric acid groups is 1. The SMILES string of the molecule is CCCCCCCCCC/C=C\CCCCCCCCCCCCCCCCCCCCCCCCCCCCCCCC(=O)NC(COP(=O)([O-])OCC[N+](C)(C)C)C(O)/C=C/CC/C=C/CCCCCCCCCCCCCCCCCCCCCCC. The third kappa shape index (κ3) is 74.1. The summed E-state index contributed by atoms with van der Waals surface area (Å²) >= 11 is 0. The van der Waals surface area contributed by atoms with Gasteiger partial charge in [0.2, 0.25) is 5.91 Å². The van der Waals surface area contributed by atoms with Gasteiger partial charge in [-0.15, -0.1) is 0 Å². The van der Waals surface area contributed by atoms with E-state index < -0.39 is 20.0 Å². The van der Waals surface area contributed by atoms with Gasteiger partial charge < -0.3 is 28.8 Å². The molecule has 2 N–H and O–H groups in total. The van der Waals surface area contributed by atoms with Crippen LogP contribution in [0.15, 0.2) is 36.5 Å². The maximum Gasteiger partial charge on any atom is 0.268 e. The summed E-state index contributed by atoms with van der Waals surface area (Å²) in [5.41, 5.74) is 0. The molecular weight excluding hydrogens is 1130 g/mol. The lowest BCUT2D eigenvalue weighted by Crippen LogP contribution is -2.45. The van der Waals surface area contributed by atoms with Crippen molar-refractivity contribution in [1.29, 1.82) is 0 Å². The lowest BCUT2D eigenvalue weighted by atomic mass is 10.0. The molecular formula is C81H159N2O6P. The van der Waals surface area contributed by atoms with Crippen molar-refractivity contribution in [3.05, 3.63) is 36.5 Å². The van der Waals surface area contributed by atoms with Gasteiger partial charge >= 0.3 is 0 Å². The van der Waals surface area contributed by atoms with Gasteiger partial charge in [-0.1, -0.05) is 397 Å². The number of carbonyl (C=O) groups is 1. The van der Waals surface area contributed by atoms with Crippen LogP contribution in [0.4, 0.5) is 0 Å². The summed E-state index contributed by atoms with van der Waals surface area (Å²) in [6, 6.07) is -0.903. The number of phosphoric ester groups is 1. The second-order valence-corrected chi connectivity index (χ2v) is 30.5. The smallest absolute Gasteiger partial charge is 0.268 e. The van der Waals surface area contributed by atoms with Gasteiger partial charge in [-0.3, -0.25) is 9.36 Å². The van der Waals surface area contributed by atoms with Crippen LogP contribution in [0.1, 0.15) is 425 Å². The Kier molecular flexibility index (Phi) is 71.0. The van der Waals surface area contributed by atoms with Crippen molar-refractivity contribution < 1.29 is 32.9 Å². The standard InChI is InChI=1S/C81H159N2O6P/c1-6-8-10-12-14-16-18-20-22-24-26-28-30-32-34-35-36-37-38-39-40-41-42-43-44-45-46-47-49-51-53-55-57-59-61-63-65-67-69-71-73-75-81(85)82-79(78-89-90(86,87)88-77-76-83(3,4)5)80(84)74-72-70-68-66-64-62-60-58-56-54-52-50-48-33-31-29-27-25-23-21-19-17-15-13-11-9-7-2/h24,26,64,66,72,74,79-80,84H,6-23,25,27-63,65,67-71,73,75-78H2,1-5H3,(H-,82,85,86,87)/b26-24-,66-64+,74-72+. The normalized spacial score (nSPS) is 13.6. The number of likely N-dealkylation sites (N-methyl/N-ethyl adjacent to an activating group) is 1. The molecule has 0 aromatic heterocycles. The van der Waals surface area contributed by atoms with Gasteiger partial charge in [0.15, 0.2) is 0 Å². The quantitative estimate of drug-likeness (QED) is 0.0272. The maximum absolute atomic E-state index is 13.1. The molecule has 0 radical (unpaired) electrons. The zero-order valence-electron chi connectivity index (χ0n) is 61.4. The highest BCUT2D eigenvalue weighted by Crippen LogP contribution is 2.38. The van der Waals surface area contributed by atoms with Gasteiger partial charge in [-0.2, -0.15) is 0 Å². The molecule has 0 aliphatic rings. The lowest BCUT2D eigenvalue weighted by molar-refractivity contribution is -0.870. The Balaban J connectivity index is 3.92. The summed E-state index contributed by atoms with van der Waals surface area (Å²) < 4.78 is 23.5. The first-order valence-corrected chi connectivity index (χ1v) is 41.8. The van der Waals surface area contributed by atoms with Gasteiger partial charge in [0.25, 0.3) is 7.82 Å². The van der Waals surface area contributed by atoms with E-state index in [-0.39, 0.29) is 19.1 Å². The Hall–Kier alpha value is -1.28. The minimum atomic E-state index is -4.61. The van der Waals surface area contributed by atoms with Crippen LogP contribution in [-0.4, -0.2) is 68.5 Å². The summed E-state index contributed by atoms with van der Waals surface area (Å²) in [5.74, 6) is -0.198. The number of nitrogens with one attached hydrogen (secondary N) is 1. The van der Waals surface area contributed by atoms with E-state index in [2.05, 4.69) is 43.5 Å². The Bertz CT molecular complexity index is 1560. The predicted octanol–water partition coefficient (Wildman–Crippen LogP) is 25.7. The Morgan fingerprint density at radius 1 is 0.378 bits per heavy atom. The average molecular weight is 1290 g/mol. The highest BCUT2D eigenvalue weighted by Gasteiger charge is 2.23. The molecule has 0 spiro atoms. The van der Waals surface area contributed by atoms with Crippen molar-refractivity contribution >= 4 is 13.7 Å². The van der Waals surface area contributed by atoms with Crippen molar-refractivity contribution in [2.24, 2.45) is 0 Å². The number of aliphatic hydroxyl groups excluding tert-OH is 1. The topological polar surface area (TPSA) is 108 Å². The number of rotatable bonds is 76. The van der Waals surface area contributed by atoms with E-state index in [0.29, 0.717) is 17.4 Å². The summed E-state index contributed by atoms with van der Waals surface area (Å²) in [4.78, 5) is 25.7. The molecule has 9 heteroatoms. The molecule has 90 heavy (non-hydrogen) atoms. The van der Waals surface area contributed by atoms with Crippen LogP contribution in [0.3, 0.4) is 0 Å². The zero-order chi connectivity index (χ0) is 65.5. The summed E-state index contributed by atoms with van der Waals surface area (Å²) in [5, 5.41) is 14.0. The number of aliphatic hydroxyl groups is 1. The summed E-state index contributed by atoms with van der Waals surface area (Å²) in [6.45, 7) is 4.70. The van der Waals surface area contributed by atoms with Crippen molar-refractivity contribution in [2.75, 3.05) is 40.9 Å². The molecule has 0 fully saturated rings. The highest BCUT2D eigenvalue weighted by atomic mass is 31.2. The van der Waals surface area contributed by atoms with Crippen LogP contribution in [0, 0.1) is 0 Å². The molecule has 0 aromatic rings. The first kappa shape index (κ1) is 88.7. The van der Waals surface area contributed by atoms with Crippen molar-refractivity contribution in [3.8, 4) is 0 Å². The summed E-state index contributed by atoms with van der Waals surface area (Å²) in [6.07, 6.45) is 97.6. The second kappa shape index (κ2) is 72.0. The average Bonchev–Trinajstić information content (AvgIpc) is 3.09. The minimum absolute atomic E-state index is 0.00389. The first-order valence-electron chi connectivity index (χ1n) is 40.4. The number of hydrogen-bond acceptors (Lipinski definition) is 6. The molecule has 3 unspecified atom stereocenters. The zero-order valence-corrected chi connectivity index (χ0v) is 62.3. The van der Waals surface area contributed by atoms with Crippen LogP contribution >= 0.6 is 7.82 Å². The Morgan fingerprint density at radius 2 is 0.622 bits per heavy atom. The van der Waals surface area contributed by atoms with Gasteiger partial charge in [0.1, 0.15) is 13.2 Å².